The Kier molecular flexibility index (Phi) is 5.59. The summed E-state index contributed by atoms with van der Waals surface area (Å²) in [6.07, 6.45) is 3.96. The summed E-state index contributed by atoms with van der Waals surface area (Å²) in [6.45, 7) is 3.71. The van der Waals surface area contributed by atoms with Gasteiger partial charge in [0.05, 0.1) is 29.5 Å². The SMILES string of the molecule is CCN1C[C@@]2(OC(=O)c3ccccc3N)CC[C@H](OC)[C@@]34[C@@H]1[C@@H](C[C@@H]23)[C@]1(O)C[C@@H](OC)[C@@H]2C[C@H]4[C@H]1[C@@H]2OC. The fourth-order valence-corrected chi connectivity index (χ4v) is 11.3. The summed E-state index contributed by atoms with van der Waals surface area (Å²) in [6, 6.07) is 7.35. The molecule has 1 heterocycles. The average molecular weight is 527 g/mol. The Bertz CT molecular complexity index is 1130. The van der Waals surface area contributed by atoms with Gasteiger partial charge in [-0.15, -0.1) is 0 Å². The third-order valence-electron chi connectivity index (χ3n) is 12.2. The minimum absolute atomic E-state index is 0.0231. The number of nitrogens with zero attached hydrogens (tertiary/aromatic N) is 1. The smallest absolute Gasteiger partial charge is 0.340 e. The van der Waals surface area contributed by atoms with E-state index in [-0.39, 0.29) is 65.3 Å². The number of likely N-dealkylation sites (tertiary alicyclic amines) is 1. The first-order valence-corrected chi connectivity index (χ1v) is 14.4. The number of benzene rings is 1. The second-order valence-electron chi connectivity index (χ2n) is 12.9. The van der Waals surface area contributed by atoms with Gasteiger partial charge in [-0.25, -0.2) is 4.79 Å². The number of esters is 1. The molecule has 0 aromatic heterocycles. The number of nitrogen functional groups attached to an aromatic ring is 1. The van der Waals surface area contributed by atoms with E-state index in [9.17, 15) is 9.90 Å². The molecule has 12 atom stereocenters. The summed E-state index contributed by atoms with van der Waals surface area (Å²) in [7, 11) is 5.40. The topological polar surface area (TPSA) is 103 Å². The minimum Gasteiger partial charge on any atom is -0.454 e. The summed E-state index contributed by atoms with van der Waals surface area (Å²) >= 11 is 0. The Balaban J connectivity index is 1.39. The first-order chi connectivity index (χ1) is 18.3. The van der Waals surface area contributed by atoms with Gasteiger partial charge in [-0.1, -0.05) is 19.1 Å². The zero-order chi connectivity index (χ0) is 26.6. The number of anilines is 1. The molecule has 6 aliphatic rings. The van der Waals surface area contributed by atoms with Crippen molar-refractivity contribution in [1.82, 2.24) is 4.90 Å². The number of likely N-dealkylation sites (N-methyl/N-ethyl adjacent to an activating group) is 1. The van der Waals surface area contributed by atoms with Gasteiger partial charge in [-0.3, -0.25) is 4.90 Å². The van der Waals surface area contributed by atoms with Crippen LogP contribution in [0.4, 0.5) is 5.69 Å². The fourth-order valence-electron chi connectivity index (χ4n) is 11.3. The number of ether oxygens (including phenoxy) is 4. The van der Waals surface area contributed by atoms with Crippen LogP contribution in [0, 0.1) is 35.0 Å². The zero-order valence-corrected chi connectivity index (χ0v) is 23.0. The van der Waals surface area contributed by atoms with E-state index in [1.807, 2.05) is 19.2 Å². The Hall–Kier alpha value is -1.71. The first-order valence-electron chi connectivity index (χ1n) is 14.4. The fraction of sp³-hybridized carbons (Fsp3) is 0.767. The zero-order valence-electron chi connectivity index (χ0n) is 23.0. The summed E-state index contributed by atoms with van der Waals surface area (Å²) in [5.41, 5.74) is 5.31. The van der Waals surface area contributed by atoms with Crippen LogP contribution in [0.15, 0.2) is 24.3 Å². The number of para-hydroxylation sites is 1. The van der Waals surface area contributed by atoms with Crippen LogP contribution >= 0.6 is 0 Å². The van der Waals surface area contributed by atoms with E-state index in [2.05, 4.69) is 11.8 Å². The van der Waals surface area contributed by atoms with Crippen molar-refractivity contribution >= 4 is 11.7 Å². The molecule has 6 fully saturated rings. The highest BCUT2D eigenvalue weighted by molar-refractivity contribution is 5.95. The molecule has 38 heavy (non-hydrogen) atoms. The van der Waals surface area contributed by atoms with Crippen molar-refractivity contribution in [3.8, 4) is 0 Å². The first kappa shape index (κ1) is 25.3. The Morgan fingerprint density at radius 2 is 1.92 bits per heavy atom. The standard InChI is InChI=1S/C30H42N2O6/c1-5-32-15-28(38-27(33)16-8-6-7-9-20(16)31)11-10-23(36-3)30-18-12-17-21(35-2)14-29(34,24(18)25(17)37-4)19(26(30)32)13-22(28)30/h6-9,17-19,21-26,34H,5,10-15,31H2,1-4H3/t17-,18-,19+,21+,22-,23-,24-,25+,26-,28-,29+,30-/m0/s1. The van der Waals surface area contributed by atoms with Crippen molar-refractivity contribution < 1.29 is 28.8 Å². The molecular weight excluding hydrogens is 484 g/mol. The number of methoxy groups -OCH3 is 3. The van der Waals surface area contributed by atoms with Gasteiger partial charge in [0.15, 0.2) is 0 Å². The number of aliphatic hydroxyl groups is 1. The predicted octanol–water partition coefficient (Wildman–Crippen LogP) is 2.73. The maximum Gasteiger partial charge on any atom is 0.340 e. The summed E-state index contributed by atoms with van der Waals surface area (Å²) in [5.74, 6) is 0.280. The quantitative estimate of drug-likeness (QED) is 0.431. The molecule has 1 aromatic rings. The van der Waals surface area contributed by atoms with E-state index in [1.165, 1.54) is 0 Å². The van der Waals surface area contributed by atoms with Gasteiger partial charge in [-0.2, -0.15) is 0 Å². The van der Waals surface area contributed by atoms with Crippen molar-refractivity contribution in [2.24, 2.45) is 35.0 Å². The van der Waals surface area contributed by atoms with Crippen LogP contribution in [0.5, 0.6) is 0 Å². The number of nitrogens with two attached hydrogens (primary N) is 1. The number of carbonyl (C=O) groups is 1. The number of hydrogen-bond donors (Lipinski definition) is 2. The lowest BCUT2D eigenvalue weighted by Gasteiger charge is -2.69. The molecule has 3 N–H and O–H groups in total. The van der Waals surface area contributed by atoms with Crippen LogP contribution in [0.25, 0.3) is 0 Å². The molecule has 8 heteroatoms. The van der Waals surface area contributed by atoms with Crippen LogP contribution in [0.1, 0.15) is 49.4 Å². The van der Waals surface area contributed by atoms with Crippen molar-refractivity contribution in [1.29, 1.82) is 0 Å². The Labute approximate surface area is 225 Å². The molecule has 1 aromatic carbocycles. The summed E-state index contributed by atoms with van der Waals surface area (Å²) in [5, 5.41) is 12.7. The molecule has 208 valence electrons. The van der Waals surface area contributed by atoms with Crippen molar-refractivity contribution in [3.05, 3.63) is 29.8 Å². The van der Waals surface area contributed by atoms with E-state index in [1.54, 1.807) is 26.4 Å². The molecule has 7 bridgehead atoms. The van der Waals surface area contributed by atoms with E-state index >= 15 is 0 Å². The molecule has 1 aliphatic heterocycles. The van der Waals surface area contributed by atoms with Gasteiger partial charge < -0.3 is 29.8 Å². The van der Waals surface area contributed by atoms with Gasteiger partial charge in [0, 0.05) is 75.1 Å². The highest BCUT2D eigenvalue weighted by atomic mass is 16.6. The van der Waals surface area contributed by atoms with E-state index in [0.717, 1.165) is 32.2 Å². The lowest BCUT2D eigenvalue weighted by atomic mass is 9.45. The summed E-state index contributed by atoms with van der Waals surface area (Å²) < 4.78 is 25.3. The molecular formula is C30H42N2O6. The van der Waals surface area contributed by atoms with E-state index in [0.29, 0.717) is 24.2 Å². The monoisotopic (exact) mass is 526 g/mol. The predicted molar refractivity (Wildman–Crippen MR) is 140 cm³/mol. The second-order valence-corrected chi connectivity index (χ2v) is 12.9. The third kappa shape index (κ3) is 2.81. The third-order valence-corrected chi connectivity index (χ3v) is 12.2. The molecule has 7 rings (SSSR count). The van der Waals surface area contributed by atoms with Gasteiger partial charge in [0.1, 0.15) is 5.60 Å². The van der Waals surface area contributed by atoms with E-state index in [4.69, 9.17) is 24.7 Å². The van der Waals surface area contributed by atoms with Gasteiger partial charge in [0.25, 0.3) is 0 Å². The molecule has 0 radical (unpaired) electrons. The van der Waals surface area contributed by atoms with Crippen LogP contribution < -0.4 is 5.73 Å². The lowest BCUT2D eigenvalue weighted by Crippen LogP contribution is -2.78. The number of piperidine rings is 1. The minimum atomic E-state index is -0.887. The molecule has 0 amide bonds. The molecule has 5 aliphatic carbocycles. The number of carbonyl (C=O) groups excluding carboxylic acids is 1. The number of rotatable bonds is 6. The Morgan fingerprint density at radius 1 is 1.13 bits per heavy atom. The Morgan fingerprint density at radius 3 is 2.61 bits per heavy atom. The highest BCUT2D eigenvalue weighted by Gasteiger charge is 2.84. The largest absolute Gasteiger partial charge is 0.454 e. The number of fused-ring (bicyclic) bond motifs is 2. The van der Waals surface area contributed by atoms with E-state index < -0.39 is 11.2 Å². The van der Waals surface area contributed by atoms with Gasteiger partial charge in [-0.05, 0) is 50.3 Å². The molecule has 8 nitrogen and oxygen atoms in total. The molecule has 5 saturated carbocycles. The van der Waals surface area contributed by atoms with Gasteiger partial charge in [0.2, 0.25) is 0 Å². The average Bonchev–Trinajstić information content (AvgIpc) is 3.38. The number of hydrogen-bond acceptors (Lipinski definition) is 8. The van der Waals surface area contributed by atoms with Crippen molar-refractivity contribution in [2.75, 3.05) is 40.2 Å². The maximum atomic E-state index is 13.7. The van der Waals surface area contributed by atoms with Crippen LogP contribution in [-0.4, -0.2) is 86.0 Å². The molecule has 0 unspecified atom stereocenters. The maximum absolute atomic E-state index is 13.7. The normalized spacial score (nSPS) is 50.2. The van der Waals surface area contributed by atoms with Gasteiger partial charge >= 0.3 is 5.97 Å². The second kappa shape index (κ2) is 8.40. The molecule has 1 spiro atoms. The van der Waals surface area contributed by atoms with Crippen LogP contribution in [0.2, 0.25) is 0 Å². The lowest BCUT2D eigenvalue weighted by molar-refractivity contribution is -0.284. The van der Waals surface area contributed by atoms with Crippen LogP contribution in [0.3, 0.4) is 0 Å². The van der Waals surface area contributed by atoms with Crippen LogP contribution in [-0.2, 0) is 18.9 Å². The highest BCUT2D eigenvalue weighted by Crippen LogP contribution is 2.78. The van der Waals surface area contributed by atoms with Crippen molar-refractivity contribution in [2.45, 2.75) is 74.6 Å². The molecule has 1 saturated heterocycles. The van der Waals surface area contributed by atoms with Crippen molar-refractivity contribution in [3.63, 3.8) is 0 Å². The summed E-state index contributed by atoms with van der Waals surface area (Å²) in [4.78, 5) is 16.2.